The number of amides is 1. The molecule has 3 unspecified atom stereocenters. The highest BCUT2D eigenvalue weighted by Gasteiger charge is 2.23. The highest BCUT2D eigenvalue weighted by molar-refractivity contribution is 5.88. The summed E-state index contributed by atoms with van der Waals surface area (Å²) in [6, 6.07) is 9.25. The Kier molecular flexibility index (Phi) is 6.57. The minimum atomic E-state index is -0.0441. The lowest BCUT2D eigenvalue weighted by Gasteiger charge is -2.38. The van der Waals surface area contributed by atoms with Gasteiger partial charge in [-0.05, 0) is 38.5 Å². The summed E-state index contributed by atoms with van der Waals surface area (Å²) >= 11 is 0. The molecule has 1 aliphatic rings. The van der Waals surface area contributed by atoms with E-state index in [0.29, 0.717) is 12.1 Å². The maximum atomic E-state index is 11.0. The number of carbonyl (C=O) groups excluding carboxylic acids is 1. The molecule has 1 aromatic carbocycles. The zero-order chi connectivity index (χ0) is 16.8. The van der Waals surface area contributed by atoms with Crippen molar-refractivity contribution in [3.05, 3.63) is 29.8 Å². The summed E-state index contributed by atoms with van der Waals surface area (Å²) in [5, 5.41) is 6.40. The van der Waals surface area contributed by atoms with Crippen molar-refractivity contribution >= 4 is 11.6 Å². The largest absolute Gasteiger partial charge is 0.379 e. The molecule has 1 fully saturated rings. The Labute approximate surface area is 139 Å². The molecule has 3 atom stereocenters. The molecule has 0 radical (unpaired) electrons. The number of carbonyl (C=O) groups is 1. The lowest BCUT2D eigenvalue weighted by Crippen LogP contribution is -2.51. The summed E-state index contributed by atoms with van der Waals surface area (Å²) < 4.78 is 5.50. The molecule has 0 aliphatic carbocycles. The fourth-order valence-corrected chi connectivity index (χ4v) is 3.04. The van der Waals surface area contributed by atoms with Gasteiger partial charge in [-0.25, -0.2) is 0 Å². The molecule has 0 bridgehead atoms. The Morgan fingerprint density at radius 3 is 2.65 bits per heavy atom. The summed E-state index contributed by atoms with van der Waals surface area (Å²) in [7, 11) is 0. The van der Waals surface area contributed by atoms with Crippen LogP contribution < -0.4 is 10.6 Å². The molecule has 128 valence electrons. The lowest BCUT2D eigenvalue weighted by atomic mass is 10.1. The molecule has 1 aliphatic heterocycles. The average molecular weight is 319 g/mol. The highest BCUT2D eigenvalue weighted by Crippen LogP contribution is 2.17. The molecule has 1 aromatic rings. The highest BCUT2D eigenvalue weighted by atomic mass is 16.5. The van der Waals surface area contributed by atoms with Crippen molar-refractivity contribution in [2.75, 3.05) is 31.6 Å². The molecule has 0 spiro atoms. The molecule has 1 heterocycles. The van der Waals surface area contributed by atoms with Gasteiger partial charge in [-0.2, -0.15) is 0 Å². The standard InChI is InChI=1S/C18H29N3O2/c1-13(21-9-10-23-12-14(21)2)11-19-15(3)17-5-7-18(8-6-17)20-16(4)22/h5-8,13-15,19H,9-12H2,1-4H3,(H,20,22). The van der Waals surface area contributed by atoms with E-state index in [9.17, 15) is 4.79 Å². The number of rotatable bonds is 6. The molecular weight excluding hydrogens is 290 g/mol. The average Bonchev–Trinajstić information content (AvgIpc) is 2.53. The van der Waals surface area contributed by atoms with E-state index in [2.05, 4.69) is 48.4 Å². The SMILES string of the molecule is CC(=O)Nc1ccc(C(C)NCC(C)N2CCOCC2C)cc1. The number of benzene rings is 1. The van der Waals surface area contributed by atoms with Crippen molar-refractivity contribution in [1.82, 2.24) is 10.2 Å². The van der Waals surface area contributed by atoms with Crippen LogP contribution in [0.2, 0.25) is 0 Å². The quantitative estimate of drug-likeness (QED) is 0.845. The normalized spacial score (nSPS) is 21.7. The molecule has 1 saturated heterocycles. The molecule has 2 N–H and O–H groups in total. The van der Waals surface area contributed by atoms with E-state index in [4.69, 9.17) is 4.74 Å². The topological polar surface area (TPSA) is 53.6 Å². The summed E-state index contributed by atoms with van der Waals surface area (Å²) in [5.74, 6) is -0.0441. The van der Waals surface area contributed by atoms with Gasteiger partial charge >= 0.3 is 0 Å². The van der Waals surface area contributed by atoms with E-state index < -0.39 is 0 Å². The number of nitrogens with one attached hydrogen (secondary N) is 2. The van der Waals surface area contributed by atoms with Gasteiger partial charge in [0.15, 0.2) is 0 Å². The van der Waals surface area contributed by atoms with E-state index in [1.54, 1.807) is 0 Å². The van der Waals surface area contributed by atoms with Gasteiger partial charge in [0.25, 0.3) is 0 Å². The number of hydrogen-bond donors (Lipinski definition) is 2. The number of hydrogen-bond acceptors (Lipinski definition) is 4. The molecule has 0 saturated carbocycles. The third-order valence-electron chi connectivity index (χ3n) is 4.44. The Morgan fingerprint density at radius 1 is 1.35 bits per heavy atom. The number of nitrogens with zero attached hydrogens (tertiary/aromatic N) is 1. The van der Waals surface area contributed by atoms with Crippen LogP contribution in [0.4, 0.5) is 5.69 Å². The summed E-state index contributed by atoms with van der Waals surface area (Å²) in [6.45, 7) is 11.8. The zero-order valence-corrected chi connectivity index (χ0v) is 14.6. The van der Waals surface area contributed by atoms with Crippen LogP contribution in [-0.4, -0.2) is 49.2 Å². The monoisotopic (exact) mass is 319 g/mol. The second kappa shape index (κ2) is 8.43. The first-order valence-corrected chi connectivity index (χ1v) is 8.41. The molecule has 2 rings (SSSR count). The van der Waals surface area contributed by atoms with Gasteiger partial charge in [0.2, 0.25) is 5.91 Å². The van der Waals surface area contributed by atoms with Gasteiger partial charge in [0.1, 0.15) is 0 Å². The second-order valence-corrected chi connectivity index (χ2v) is 6.44. The van der Waals surface area contributed by atoms with Crippen molar-refractivity contribution in [3.8, 4) is 0 Å². The first kappa shape index (κ1) is 17.9. The van der Waals surface area contributed by atoms with Crippen molar-refractivity contribution in [3.63, 3.8) is 0 Å². The van der Waals surface area contributed by atoms with Gasteiger partial charge in [0.05, 0.1) is 13.2 Å². The lowest BCUT2D eigenvalue weighted by molar-refractivity contribution is -0.114. The fraction of sp³-hybridized carbons (Fsp3) is 0.611. The number of anilines is 1. The first-order valence-electron chi connectivity index (χ1n) is 8.41. The van der Waals surface area contributed by atoms with Gasteiger partial charge in [-0.15, -0.1) is 0 Å². The molecule has 5 nitrogen and oxygen atoms in total. The maximum absolute atomic E-state index is 11.0. The van der Waals surface area contributed by atoms with E-state index in [0.717, 1.165) is 32.0 Å². The smallest absolute Gasteiger partial charge is 0.221 e. The van der Waals surface area contributed by atoms with E-state index >= 15 is 0 Å². The van der Waals surface area contributed by atoms with Gasteiger partial charge in [-0.1, -0.05) is 12.1 Å². The summed E-state index contributed by atoms with van der Waals surface area (Å²) in [4.78, 5) is 13.6. The van der Waals surface area contributed by atoms with Crippen LogP contribution in [0.15, 0.2) is 24.3 Å². The molecular formula is C18H29N3O2. The van der Waals surface area contributed by atoms with E-state index in [1.165, 1.54) is 12.5 Å². The molecule has 5 heteroatoms. The molecule has 23 heavy (non-hydrogen) atoms. The minimum Gasteiger partial charge on any atom is -0.379 e. The van der Waals surface area contributed by atoms with Gasteiger partial charge in [0, 0.05) is 43.8 Å². The number of morpholine rings is 1. The third-order valence-corrected chi connectivity index (χ3v) is 4.44. The van der Waals surface area contributed by atoms with Gasteiger partial charge in [-0.3, -0.25) is 9.69 Å². The Morgan fingerprint density at radius 2 is 2.04 bits per heavy atom. The van der Waals surface area contributed by atoms with Crippen LogP contribution in [0.1, 0.15) is 39.3 Å². The number of ether oxygens (including phenoxy) is 1. The summed E-state index contributed by atoms with van der Waals surface area (Å²) in [6.07, 6.45) is 0. The van der Waals surface area contributed by atoms with E-state index in [-0.39, 0.29) is 11.9 Å². The van der Waals surface area contributed by atoms with Crippen molar-refractivity contribution in [2.24, 2.45) is 0 Å². The Bertz CT molecular complexity index is 503. The molecule has 1 amide bonds. The van der Waals surface area contributed by atoms with Crippen molar-refractivity contribution in [1.29, 1.82) is 0 Å². The maximum Gasteiger partial charge on any atom is 0.221 e. The predicted octanol–water partition coefficient (Wildman–Crippen LogP) is 2.40. The van der Waals surface area contributed by atoms with Crippen LogP contribution in [0, 0.1) is 0 Å². The van der Waals surface area contributed by atoms with Crippen LogP contribution >= 0.6 is 0 Å². The minimum absolute atomic E-state index is 0.0441. The van der Waals surface area contributed by atoms with E-state index in [1.807, 2.05) is 12.1 Å². The van der Waals surface area contributed by atoms with Crippen molar-refractivity contribution in [2.45, 2.75) is 45.8 Å². The van der Waals surface area contributed by atoms with Crippen LogP contribution in [0.5, 0.6) is 0 Å². The second-order valence-electron chi connectivity index (χ2n) is 6.44. The Hall–Kier alpha value is -1.43. The first-order chi connectivity index (χ1) is 11.0. The molecule has 0 aromatic heterocycles. The van der Waals surface area contributed by atoms with Crippen LogP contribution in [0.3, 0.4) is 0 Å². The van der Waals surface area contributed by atoms with Crippen LogP contribution in [-0.2, 0) is 9.53 Å². The summed E-state index contributed by atoms with van der Waals surface area (Å²) in [5.41, 5.74) is 2.06. The fourth-order valence-electron chi connectivity index (χ4n) is 3.04. The third kappa shape index (κ3) is 5.30. The Balaban J connectivity index is 1.83. The predicted molar refractivity (Wildman–Crippen MR) is 93.6 cm³/mol. The van der Waals surface area contributed by atoms with Gasteiger partial charge < -0.3 is 15.4 Å². The van der Waals surface area contributed by atoms with Crippen LogP contribution in [0.25, 0.3) is 0 Å². The zero-order valence-electron chi connectivity index (χ0n) is 14.6. The van der Waals surface area contributed by atoms with Crippen molar-refractivity contribution < 1.29 is 9.53 Å².